The van der Waals surface area contributed by atoms with Crippen molar-refractivity contribution in [3.8, 4) is 0 Å². The number of thiazole rings is 1. The van der Waals surface area contributed by atoms with Crippen LogP contribution in [0.25, 0.3) is 10.2 Å². The molecule has 0 aliphatic carbocycles. The van der Waals surface area contributed by atoms with E-state index >= 15 is 0 Å². The smallest absolute Gasteiger partial charge is 0.263 e. The average Bonchev–Trinajstić information content (AvgIpc) is 3.17. The summed E-state index contributed by atoms with van der Waals surface area (Å²) in [5.74, 6) is -0.543. The standard InChI is InChI=1S/C20H19N3O4S2/c1-11-8-13(3)19-16(9-11)28-20(21-19)22-29(26,27)14-4-5-15(12(2)10-14)23-17(24)6-7-18(23)25/h4-5,8-10H,6-7H2,1-3H3,(H,21,22). The van der Waals surface area contributed by atoms with E-state index in [-0.39, 0.29) is 29.6 Å². The quantitative estimate of drug-likeness (QED) is 0.638. The van der Waals surface area contributed by atoms with E-state index in [1.165, 1.54) is 29.5 Å². The van der Waals surface area contributed by atoms with Crippen LogP contribution in [0, 0.1) is 20.8 Å². The molecule has 3 aromatic rings. The molecule has 0 unspecified atom stereocenters. The maximum atomic E-state index is 12.9. The fourth-order valence-corrected chi connectivity index (χ4v) is 5.84. The number of aryl methyl sites for hydroxylation is 3. The lowest BCUT2D eigenvalue weighted by Crippen LogP contribution is -2.29. The molecule has 29 heavy (non-hydrogen) atoms. The molecule has 7 nitrogen and oxygen atoms in total. The average molecular weight is 430 g/mol. The van der Waals surface area contributed by atoms with Gasteiger partial charge in [0.25, 0.3) is 10.0 Å². The monoisotopic (exact) mass is 429 g/mol. The predicted octanol–water partition coefficient (Wildman–Crippen LogP) is 3.68. The van der Waals surface area contributed by atoms with Gasteiger partial charge in [-0.1, -0.05) is 17.4 Å². The molecule has 0 radical (unpaired) electrons. The summed E-state index contributed by atoms with van der Waals surface area (Å²) in [5.41, 5.74) is 3.80. The number of rotatable bonds is 4. The molecule has 1 aliphatic rings. The third-order valence-corrected chi connectivity index (χ3v) is 7.21. The number of nitrogens with zero attached hydrogens (tertiary/aromatic N) is 2. The van der Waals surface area contributed by atoms with Crippen LogP contribution in [-0.2, 0) is 19.6 Å². The highest BCUT2D eigenvalue weighted by Gasteiger charge is 2.31. The summed E-state index contributed by atoms with van der Waals surface area (Å²) in [7, 11) is -3.86. The first kappa shape index (κ1) is 19.5. The van der Waals surface area contributed by atoms with Crippen molar-refractivity contribution < 1.29 is 18.0 Å². The highest BCUT2D eigenvalue weighted by molar-refractivity contribution is 7.93. The Hall–Kier alpha value is -2.78. The SMILES string of the molecule is Cc1cc(C)c2nc(NS(=O)(=O)c3ccc(N4C(=O)CCC4=O)c(C)c3)sc2c1. The number of amides is 2. The van der Waals surface area contributed by atoms with Gasteiger partial charge < -0.3 is 0 Å². The number of fused-ring (bicyclic) bond motifs is 1. The fraction of sp³-hybridized carbons (Fsp3) is 0.250. The zero-order valence-corrected chi connectivity index (χ0v) is 17.8. The van der Waals surface area contributed by atoms with Gasteiger partial charge >= 0.3 is 0 Å². The Morgan fingerprint density at radius 2 is 1.69 bits per heavy atom. The molecule has 1 aromatic heterocycles. The number of sulfonamides is 1. The van der Waals surface area contributed by atoms with Gasteiger partial charge in [0, 0.05) is 12.8 Å². The Morgan fingerprint density at radius 3 is 2.34 bits per heavy atom. The highest BCUT2D eigenvalue weighted by atomic mass is 32.2. The van der Waals surface area contributed by atoms with Gasteiger partial charge in [0.15, 0.2) is 5.13 Å². The van der Waals surface area contributed by atoms with E-state index in [1.807, 2.05) is 26.0 Å². The summed E-state index contributed by atoms with van der Waals surface area (Å²) >= 11 is 1.28. The second-order valence-corrected chi connectivity index (χ2v) is 9.84. The lowest BCUT2D eigenvalue weighted by atomic mass is 10.1. The van der Waals surface area contributed by atoms with E-state index in [1.54, 1.807) is 6.92 Å². The molecule has 2 heterocycles. The summed E-state index contributed by atoms with van der Waals surface area (Å²) in [6.07, 6.45) is 0.354. The minimum atomic E-state index is -3.86. The molecular weight excluding hydrogens is 410 g/mol. The van der Waals surface area contributed by atoms with Crippen molar-refractivity contribution in [3.05, 3.63) is 47.0 Å². The second kappa shape index (κ2) is 6.93. The molecule has 0 bridgehead atoms. The first-order valence-electron chi connectivity index (χ1n) is 9.03. The first-order valence-corrected chi connectivity index (χ1v) is 11.3. The third kappa shape index (κ3) is 3.51. The third-order valence-electron chi connectivity index (χ3n) is 4.82. The molecule has 1 N–H and O–H groups in total. The summed E-state index contributed by atoms with van der Waals surface area (Å²) in [4.78, 5) is 29.5. The van der Waals surface area contributed by atoms with Crippen molar-refractivity contribution in [2.45, 2.75) is 38.5 Å². The molecule has 0 atom stereocenters. The first-order chi connectivity index (χ1) is 13.7. The van der Waals surface area contributed by atoms with Gasteiger partial charge in [-0.25, -0.2) is 13.4 Å². The van der Waals surface area contributed by atoms with Crippen molar-refractivity contribution in [3.63, 3.8) is 0 Å². The van der Waals surface area contributed by atoms with Crippen LogP contribution in [0.5, 0.6) is 0 Å². The van der Waals surface area contributed by atoms with E-state index < -0.39 is 10.0 Å². The number of benzene rings is 2. The number of aromatic nitrogens is 1. The molecule has 0 spiro atoms. The topological polar surface area (TPSA) is 96.4 Å². The molecule has 2 aromatic carbocycles. The number of carbonyl (C=O) groups excluding carboxylic acids is 2. The van der Waals surface area contributed by atoms with Gasteiger partial charge in [0.1, 0.15) is 0 Å². The molecule has 2 amide bonds. The molecular formula is C20H19N3O4S2. The summed E-state index contributed by atoms with van der Waals surface area (Å²) in [6, 6.07) is 8.33. The molecule has 9 heteroatoms. The van der Waals surface area contributed by atoms with E-state index in [0.29, 0.717) is 16.4 Å². The van der Waals surface area contributed by atoms with Gasteiger partial charge in [0.2, 0.25) is 11.8 Å². The van der Waals surface area contributed by atoms with E-state index in [0.717, 1.165) is 26.2 Å². The Balaban J connectivity index is 1.66. The van der Waals surface area contributed by atoms with Crippen molar-refractivity contribution in [1.29, 1.82) is 0 Å². The maximum Gasteiger partial charge on any atom is 0.263 e. The lowest BCUT2D eigenvalue weighted by molar-refractivity contribution is -0.121. The van der Waals surface area contributed by atoms with Crippen LogP contribution in [0.4, 0.5) is 10.8 Å². The Labute approximate surface area is 172 Å². The fourth-order valence-electron chi connectivity index (χ4n) is 3.48. The number of imide groups is 1. The largest absolute Gasteiger partial charge is 0.274 e. The van der Waals surface area contributed by atoms with Gasteiger partial charge in [-0.3, -0.25) is 19.2 Å². The number of carbonyl (C=O) groups is 2. The van der Waals surface area contributed by atoms with Crippen LogP contribution in [0.15, 0.2) is 35.2 Å². The van der Waals surface area contributed by atoms with Crippen molar-refractivity contribution in [2.75, 3.05) is 9.62 Å². The van der Waals surface area contributed by atoms with Crippen molar-refractivity contribution in [2.24, 2.45) is 0 Å². The predicted molar refractivity (Wildman–Crippen MR) is 113 cm³/mol. The summed E-state index contributed by atoms with van der Waals surface area (Å²) in [6.45, 7) is 5.60. The van der Waals surface area contributed by atoms with Gasteiger partial charge in [-0.05, 0) is 61.7 Å². The Bertz CT molecular complexity index is 1260. The van der Waals surface area contributed by atoms with Gasteiger partial charge in [-0.15, -0.1) is 0 Å². The minimum absolute atomic E-state index is 0.0463. The Kier molecular flexibility index (Phi) is 4.66. The maximum absolute atomic E-state index is 12.9. The van der Waals surface area contributed by atoms with E-state index in [4.69, 9.17) is 0 Å². The number of hydrogen-bond donors (Lipinski definition) is 1. The molecule has 150 valence electrons. The zero-order valence-electron chi connectivity index (χ0n) is 16.1. The number of hydrogen-bond acceptors (Lipinski definition) is 6. The lowest BCUT2D eigenvalue weighted by Gasteiger charge is -2.17. The van der Waals surface area contributed by atoms with E-state index in [2.05, 4.69) is 9.71 Å². The van der Waals surface area contributed by atoms with Crippen LogP contribution in [-0.4, -0.2) is 25.2 Å². The molecule has 0 saturated carbocycles. The van der Waals surface area contributed by atoms with Crippen LogP contribution < -0.4 is 9.62 Å². The van der Waals surface area contributed by atoms with Gasteiger partial charge in [0.05, 0.1) is 20.8 Å². The highest BCUT2D eigenvalue weighted by Crippen LogP contribution is 2.32. The van der Waals surface area contributed by atoms with Gasteiger partial charge in [-0.2, -0.15) is 0 Å². The molecule has 1 fully saturated rings. The minimum Gasteiger partial charge on any atom is -0.274 e. The molecule has 1 aliphatic heterocycles. The summed E-state index contributed by atoms with van der Waals surface area (Å²) < 4.78 is 29.2. The number of nitrogens with one attached hydrogen (secondary N) is 1. The summed E-state index contributed by atoms with van der Waals surface area (Å²) in [5, 5.41) is 0.292. The number of anilines is 2. The van der Waals surface area contributed by atoms with Crippen LogP contribution >= 0.6 is 11.3 Å². The second-order valence-electron chi connectivity index (χ2n) is 7.12. The van der Waals surface area contributed by atoms with Crippen LogP contribution in [0.3, 0.4) is 0 Å². The van der Waals surface area contributed by atoms with Crippen molar-refractivity contribution >= 4 is 54.2 Å². The van der Waals surface area contributed by atoms with Crippen LogP contribution in [0.2, 0.25) is 0 Å². The van der Waals surface area contributed by atoms with Crippen molar-refractivity contribution in [1.82, 2.24) is 4.98 Å². The van der Waals surface area contributed by atoms with Crippen LogP contribution in [0.1, 0.15) is 29.5 Å². The van der Waals surface area contributed by atoms with E-state index in [9.17, 15) is 18.0 Å². The molecule has 1 saturated heterocycles. The Morgan fingerprint density at radius 1 is 1.00 bits per heavy atom. The normalized spacial score (nSPS) is 14.8. The molecule has 4 rings (SSSR count). The zero-order chi connectivity index (χ0) is 20.9.